The molecule has 0 aliphatic carbocycles. The minimum Gasteiger partial charge on any atom is -0.311 e. The van der Waals surface area contributed by atoms with E-state index < -0.39 is 0 Å². The molecule has 118 heavy (non-hydrogen) atoms. The first-order valence-electron chi connectivity index (χ1n) is 41.8. The van der Waals surface area contributed by atoms with Gasteiger partial charge in [-0.2, -0.15) is 0 Å². The van der Waals surface area contributed by atoms with Gasteiger partial charge in [-0.05, 0) is 244 Å². The molecule has 16 aromatic carbocycles. The lowest BCUT2D eigenvalue weighted by molar-refractivity contribution is 0.590. The van der Waals surface area contributed by atoms with Crippen molar-refractivity contribution in [1.82, 2.24) is 9.13 Å². The van der Waals surface area contributed by atoms with Gasteiger partial charge >= 0.3 is 0 Å². The highest BCUT2D eigenvalue weighted by molar-refractivity contribution is 7.00. The fourth-order valence-electron chi connectivity index (χ4n) is 18.6. The molecule has 0 radical (unpaired) electrons. The molecule has 5 nitrogen and oxygen atoms in total. The van der Waals surface area contributed by atoms with Crippen LogP contribution >= 0.6 is 0 Å². The van der Waals surface area contributed by atoms with Gasteiger partial charge in [-0.1, -0.05) is 308 Å². The molecule has 20 rings (SSSR count). The van der Waals surface area contributed by atoms with Crippen molar-refractivity contribution >= 4 is 118 Å². The van der Waals surface area contributed by atoms with Gasteiger partial charge in [0, 0.05) is 89.5 Å². The zero-order valence-electron chi connectivity index (χ0n) is 69.5. The Morgan fingerprint density at radius 2 is 0.619 bits per heavy atom. The SMILES string of the molecule is CC(C)(C)c1cccc(-c2cc3c4c(c2)N(c2c(-c5ccccc5)cc(C(C)(C)C)cc2-c2ccccc2)c2cc(-n5c6ccc(C(C)(C)C)cc6c6cc(C(C)(C)C)ccc65)ccc2B4c2ccc(-n4c5ccccc5c5cc(N(c6ccccc6)c6ccccc6)ccc54)cc2N3c2cc(-c3ccccc3)cc(-c3ccccc3)c2)c1. The van der Waals surface area contributed by atoms with E-state index in [-0.39, 0.29) is 28.4 Å². The lowest BCUT2D eigenvalue weighted by Crippen LogP contribution is -2.61. The number of benzene rings is 16. The molecule has 0 fully saturated rings. The molecule has 0 bridgehead atoms. The number of hydrogen-bond acceptors (Lipinski definition) is 3. The number of fused-ring (bicyclic) bond motifs is 10. The van der Waals surface area contributed by atoms with Gasteiger partial charge < -0.3 is 23.8 Å². The van der Waals surface area contributed by atoms with Gasteiger partial charge in [0.1, 0.15) is 0 Å². The lowest BCUT2D eigenvalue weighted by Gasteiger charge is -2.45. The summed E-state index contributed by atoms with van der Waals surface area (Å²) in [7, 11) is 0. The standard InChI is InChI=1S/C112H96BN5/c1-109(2,3)81-43-33-42-77(61-81)80-64-105-107-106(65-80)118(108-92(75-38-23-15-24-39-75)68-84(112(10,11)12)69-93(108)76-40-25-16-26-41-76)104-72-89(116-100-57-50-82(110(4,5)6)66-94(100)95-67-83(111(7,8)9)51-58-101(95)116)53-56-98(104)113(107)97-55-52-88(71-103(97)117(105)90-62-78(73-34-19-13-20-35-73)60-79(63-90)74-36-21-14-22-37-74)115-99-49-32-31-48-91(99)96-70-87(54-59-102(96)115)114(85-44-27-17-28-45-85)86-46-29-18-30-47-86/h13-72H,1-12H3. The number of nitrogens with zero attached hydrogens (tertiary/aromatic N) is 5. The average molecular weight is 1520 g/mol. The summed E-state index contributed by atoms with van der Waals surface area (Å²) in [5.74, 6) is 0. The third-order valence-electron chi connectivity index (χ3n) is 24.8. The monoisotopic (exact) mass is 1520 g/mol. The van der Waals surface area contributed by atoms with E-state index in [0.717, 1.165) is 129 Å². The normalized spacial score (nSPS) is 12.9. The van der Waals surface area contributed by atoms with Crippen molar-refractivity contribution in [3.8, 4) is 67.0 Å². The molecular formula is C112H96BN5. The van der Waals surface area contributed by atoms with E-state index in [9.17, 15) is 0 Å². The van der Waals surface area contributed by atoms with Crippen molar-refractivity contribution in [2.45, 2.75) is 105 Å². The maximum atomic E-state index is 2.74. The molecular weight excluding hydrogens is 1430 g/mol. The molecule has 0 spiro atoms. The second-order valence-corrected chi connectivity index (χ2v) is 36.6. The van der Waals surface area contributed by atoms with E-state index in [2.05, 4.69) is 471 Å². The van der Waals surface area contributed by atoms with Crippen molar-refractivity contribution in [3.05, 3.63) is 386 Å². The summed E-state index contributed by atoms with van der Waals surface area (Å²) in [6, 6.07) is 138. The molecule has 2 aromatic heterocycles. The molecule has 0 N–H and O–H groups in total. The van der Waals surface area contributed by atoms with Crippen LogP contribution in [0.15, 0.2) is 364 Å². The molecule has 0 unspecified atom stereocenters. The molecule has 2 aliphatic heterocycles. The van der Waals surface area contributed by atoms with E-state index in [1.807, 2.05) is 0 Å². The molecule has 0 saturated heterocycles. The Morgan fingerprint density at radius 1 is 0.229 bits per heavy atom. The number of hydrogen-bond donors (Lipinski definition) is 0. The van der Waals surface area contributed by atoms with Gasteiger partial charge in [-0.3, -0.25) is 0 Å². The van der Waals surface area contributed by atoms with Gasteiger partial charge in [-0.25, -0.2) is 0 Å². The Kier molecular flexibility index (Phi) is 17.6. The molecule has 0 amide bonds. The zero-order chi connectivity index (χ0) is 80.7. The first kappa shape index (κ1) is 73.5. The third-order valence-corrected chi connectivity index (χ3v) is 24.8. The minimum atomic E-state index is -0.287. The molecule has 0 atom stereocenters. The van der Waals surface area contributed by atoms with Crippen molar-refractivity contribution in [3.63, 3.8) is 0 Å². The quantitative estimate of drug-likeness (QED) is 0.114. The van der Waals surface area contributed by atoms with E-state index in [4.69, 9.17) is 0 Å². The maximum Gasteiger partial charge on any atom is 0.252 e. The van der Waals surface area contributed by atoms with Crippen LogP contribution in [0.5, 0.6) is 0 Å². The second-order valence-electron chi connectivity index (χ2n) is 36.6. The largest absolute Gasteiger partial charge is 0.311 e. The van der Waals surface area contributed by atoms with Gasteiger partial charge in [0.05, 0.1) is 27.8 Å². The average Bonchev–Trinajstić information content (AvgIpc) is 0.710. The van der Waals surface area contributed by atoms with Crippen LogP contribution < -0.4 is 31.1 Å². The summed E-state index contributed by atoms with van der Waals surface area (Å²) in [5, 5.41) is 4.86. The van der Waals surface area contributed by atoms with Gasteiger partial charge in [-0.15, -0.1) is 0 Å². The van der Waals surface area contributed by atoms with Crippen LogP contribution in [0.3, 0.4) is 0 Å². The van der Waals surface area contributed by atoms with Crippen molar-refractivity contribution < 1.29 is 0 Å². The van der Waals surface area contributed by atoms with Crippen molar-refractivity contribution in [2.24, 2.45) is 0 Å². The summed E-state index contributed by atoms with van der Waals surface area (Å²) in [6.45, 7) is 27.8. The van der Waals surface area contributed by atoms with Crippen LogP contribution in [-0.4, -0.2) is 15.8 Å². The van der Waals surface area contributed by atoms with Crippen LogP contribution in [0.25, 0.3) is 111 Å². The van der Waals surface area contributed by atoms with E-state index >= 15 is 0 Å². The Morgan fingerprint density at radius 3 is 1.10 bits per heavy atom. The summed E-state index contributed by atoms with van der Waals surface area (Å²) in [4.78, 5) is 7.78. The highest BCUT2D eigenvalue weighted by Crippen LogP contribution is 2.55. The van der Waals surface area contributed by atoms with E-state index in [1.54, 1.807) is 0 Å². The minimum absolute atomic E-state index is 0.0752. The molecule has 4 heterocycles. The summed E-state index contributed by atoms with van der Waals surface area (Å²) >= 11 is 0. The summed E-state index contributed by atoms with van der Waals surface area (Å²) in [5.41, 5.74) is 36.4. The lowest BCUT2D eigenvalue weighted by atomic mass is 9.33. The van der Waals surface area contributed by atoms with Crippen LogP contribution in [0.1, 0.15) is 105 Å². The number of para-hydroxylation sites is 3. The first-order chi connectivity index (χ1) is 57.1. The third kappa shape index (κ3) is 12.7. The first-order valence-corrected chi connectivity index (χ1v) is 41.8. The number of aromatic nitrogens is 2. The number of anilines is 9. The Hall–Kier alpha value is -13.4. The summed E-state index contributed by atoms with van der Waals surface area (Å²) < 4.78 is 5.09. The van der Waals surface area contributed by atoms with Crippen LogP contribution in [0.2, 0.25) is 0 Å². The molecule has 0 saturated carbocycles. The maximum absolute atomic E-state index is 2.74. The molecule has 2 aliphatic rings. The van der Waals surface area contributed by atoms with Crippen molar-refractivity contribution in [1.29, 1.82) is 0 Å². The number of rotatable bonds is 12. The Balaban J connectivity index is 0.937. The smallest absolute Gasteiger partial charge is 0.252 e. The fourth-order valence-corrected chi connectivity index (χ4v) is 18.6. The predicted octanol–water partition coefficient (Wildman–Crippen LogP) is 29.0. The Bertz CT molecular complexity index is 6720. The van der Waals surface area contributed by atoms with Crippen molar-refractivity contribution in [2.75, 3.05) is 14.7 Å². The van der Waals surface area contributed by atoms with Gasteiger partial charge in [0.2, 0.25) is 0 Å². The molecule has 18 aromatic rings. The second kappa shape index (κ2) is 28.2. The van der Waals surface area contributed by atoms with E-state index in [0.29, 0.717) is 0 Å². The highest BCUT2D eigenvalue weighted by Gasteiger charge is 2.46. The van der Waals surface area contributed by atoms with Crippen LogP contribution in [0, 0.1) is 0 Å². The van der Waals surface area contributed by atoms with E-state index in [1.165, 1.54) is 71.2 Å². The van der Waals surface area contributed by atoms with Gasteiger partial charge in [0.15, 0.2) is 0 Å². The Labute approximate surface area is 695 Å². The predicted molar refractivity (Wildman–Crippen MR) is 506 cm³/mol. The fraction of sp³-hybridized carbons (Fsp3) is 0.143. The molecule has 6 heteroatoms. The van der Waals surface area contributed by atoms with Crippen LogP contribution in [0.4, 0.5) is 51.2 Å². The highest BCUT2D eigenvalue weighted by atomic mass is 15.2. The zero-order valence-corrected chi connectivity index (χ0v) is 69.5. The molecule has 572 valence electrons. The summed E-state index contributed by atoms with van der Waals surface area (Å²) in [6.07, 6.45) is 0. The topological polar surface area (TPSA) is 19.6 Å². The van der Waals surface area contributed by atoms with Gasteiger partial charge in [0.25, 0.3) is 6.71 Å². The van der Waals surface area contributed by atoms with Crippen LogP contribution in [-0.2, 0) is 21.7 Å².